The Kier molecular flexibility index (Phi) is 7.52. The molecule has 0 bridgehead atoms. The highest BCUT2D eigenvalue weighted by molar-refractivity contribution is 9.10. The number of ether oxygens (including phenoxy) is 1. The molecule has 1 atom stereocenters. The van der Waals surface area contributed by atoms with Crippen molar-refractivity contribution in [1.82, 2.24) is 5.32 Å². The number of carboxylic acids is 1. The molecule has 1 aromatic carbocycles. The highest BCUT2D eigenvalue weighted by Crippen LogP contribution is 2.21. The van der Waals surface area contributed by atoms with Gasteiger partial charge in [0.2, 0.25) is 0 Å². The summed E-state index contributed by atoms with van der Waals surface area (Å²) in [5.41, 5.74) is 0. The van der Waals surface area contributed by atoms with Gasteiger partial charge in [0.25, 0.3) is 5.91 Å². The molecule has 1 aromatic rings. The smallest absolute Gasteiger partial charge is 0.326 e. The molecule has 1 amide bonds. The molecular formula is C13H15BrFNO4S. The lowest BCUT2D eigenvalue weighted by Crippen LogP contribution is -2.43. The first-order chi connectivity index (χ1) is 9.93. The summed E-state index contributed by atoms with van der Waals surface area (Å²) in [5, 5.41) is 11.3. The number of halogens is 2. The lowest BCUT2D eigenvalue weighted by molar-refractivity contribution is -0.142. The number of hydrogen-bond donors (Lipinski definition) is 2. The molecule has 21 heavy (non-hydrogen) atoms. The van der Waals surface area contributed by atoms with Crippen LogP contribution in [0.2, 0.25) is 0 Å². The van der Waals surface area contributed by atoms with Gasteiger partial charge in [-0.05, 0) is 36.6 Å². The van der Waals surface area contributed by atoms with E-state index in [2.05, 4.69) is 21.2 Å². The predicted molar refractivity (Wildman–Crippen MR) is 82.2 cm³/mol. The van der Waals surface area contributed by atoms with Gasteiger partial charge in [-0.3, -0.25) is 4.79 Å². The number of amides is 1. The van der Waals surface area contributed by atoms with Crippen molar-refractivity contribution in [3.8, 4) is 5.75 Å². The average Bonchev–Trinajstić information content (AvgIpc) is 2.42. The Labute approximate surface area is 134 Å². The number of nitrogens with one attached hydrogen (secondary N) is 1. The second kappa shape index (κ2) is 8.89. The van der Waals surface area contributed by atoms with E-state index in [0.717, 1.165) is 0 Å². The number of hydrogen-bond acceptors (Lipinski definition) is 4. The third kappa shape index (κ3) is 6.34. The summed E-state index contributed by atoms with van der Waals surface area (Å²) >= 11 is 4.59. The van der Waals surface area contributed by atoms with E-state index in [-0.39, 0.29) is 5.75 Å². The van der Waals surface area contributed by atoms with Crippen LogP contribution in [0.5, 0.6) is 5.75 Å². The maximum Gasteiger partial charge on any atom is 0.326 e. The summed E-state index contributed by atoms with van der Waals surface area (Å²) < 4.78 is 19.1. The molecule has 0 aromatic heterocycles. The molecule has 0 spiro atoms. The molecule has 8 heteroatoms. The van der Waals surface area contributed by atoms with E-state index in [1.165, 1.54) is 23.9 Å². The topological polar surface area (TPSA) is 75.6 Å². The molecule has 0 heterocycles. The highest BCUT2D eigenvalue weighted by atomic mass is 79.9. The fraction of sp³-hybridized carbons (Fsp3) is 0.385. The Morgan fingerprint density at radius 3 is 2.81 bits per heavy atom. The fourth-order valence-corrected chi connectivity index (χ4v) is 2.27. The van der Waals surface area contributed by atoms with Gasteiger partial charge in [0, 0.05) is 4.47 Å². The molecule has 5 nitrogen and oxygen atoms in total. The van der Waals surface area contributed by atoms with Gasteiger partial charge in [-0.15, -0.1) is 0 Å². The minimum absolute atomic E-state index is 0.0654. The first-order valence-electron chi connectivity index (χ1n) is 6.03. The number of carbonyl (C=O) groups excluding carboxylic acids is 1. The number of thioether (sulfide) groups is 1. The zero-order valence-electron chi connectivity index (χ0n) is 11.3. The van der Waals surface area contributed by atoms with Crippen LogP contribution in [0.25, 0.3) is 0 Å². The summed E-state index contributed by atoms with van der Waals surface area (Å²) in [6.07, 6.45) is 2.16. The first kappa shape index (κ1) is 17.8. The molecule has 0 radical (unpaired) electrons. The molecule has 0 aliphatic rings. The minimum Gasteiger partial charge on any atom is -0.481 e. The minimum atomic E-state index is -1.10. The van der Waals surface area contributed by atoms with Crippen LogP contribution < -0.4 is 10.1 Å². The van der Waals surface area contributed by atoms with Crippen LogP contribution in [-0.4, -0.2) is 41.6 Å². The molecular weight excluding hydrogens is 365 g/mol. The van der Waals surface area contributed by atoms with Crippen LogP contribution in [0.15, 0.2) is 22.7 Å². The summed E-state index contributed by atoms with van der Waals surface area (Å²) in [6, 6.07) is 3.21. The van der Waals surface area contributed by atoms with Gasteiger partial charge < -0.3 is 15.2 Å². The van der Waals surface area contributed by atoms with E-state index in [0.29, 0.717) is 16.6 Å². The molecule has 0 saturated carbocycles. The van der Waals surface area contributed by atoms with Crippen molar-refractivity contribution in [2.45, 2.75) is 12.5 Å². The maximum absolute atomic E-state index is 13.5. The number of carboxylic acid groups (broad SMARTS) is 1. The molecule has 0 fully saturated rings. The van der Waals surface area contributed by atoms with Gasteiger partial charge in [0.1, 0.15) is 6.04 Å². The summed E-state index contributed by atoms with van der Waals surface area (Å²) in [6.45, 7) is -0.443. The Balaban J connectivity index is 2.50. The van der Waals surface area contributed by atoms with Gasteiger partial charge in [0.05, 0.1) is 0 Å². The zero-order chi connectivity index (χ0) is 15.8. The summed E-state index contributed by atoms with van der Waals surface area (Å²) in [7, 11) is 0. The van der Waals surface area contributed by atoms with Crippen LogP contribution in [0.1, 0.15) is 6.42 Å². The average molecular weight is 380 g/mol. The van der Waals surface area contributed by atoms with E-state index in [1.54, 1.807) is 6.07 Å². The third-order valence-corrected chi connectivity index (χ3v) is 3.63. The SMILES string of the molecule is CSCC[C@H](NC(=O)COc1ccc(Br)cc1F)C(=O)O. The second-order valence-electron chi connectivity index (χ2n) is 4.10. The van der Waals surface area contributed by atoms with Crippen molar-refractivity contribution in [3.63, 3.8) is 0 Å². The van der Waals surface area contributed by atoms with E-state index < -0.39 is 30.3 Å². The summed E-state index contributed by atoms with van der Waals surface area (Å²) in [5.74, 6) is -1.77. The largest absolute Gasteiger partial charge is 0.481 e. The normalized spacial score (nSPS) is 11.8. The van der Waals surface area contributed by atoms with Crippen LogP contribution in [0.3, 0.4) is 0 Å². The lowest BCUT2D eigenvalue weighted by Gasteiger charge is -2.14. The number of aliphatic carboxylic acids is 1. The van der Waals surface area contributed by atoms with Crippen molar-refractivity contribution >= 4 is 39.6 Å². The quantitative estimate of drug-likeness (QED) is 0.724. The number of benzene rings is 1. The fourth-order valence-electron chi connectivity index (χ4n) is 1.46. The molecule has 1 rings (SSSR count). The molecule has 0 aliphatic heterocycles. The molecule has 0 saturated heterocycles. The van der Waals surface area contributed by atoms with Crippen molar-refractivity contribution in [2.24, 2.45) is 0 Å². The Hall–Kier alpha value is -1.28. The summed E-state index contributed by atoms with van der Waals surface area (Å²) in [4.78, 5) is 22.6. The third-order valence-electron chi connectivity index (χ3n) is 2.50. The molecule has 0 unspecified atom stereocenters. The van der Waals surface area contributed by atoms with Gasteiger partial charge in [-0.2, -0.15) is 11.8 Å². The van der Waals surface area contributed by atoms with Gasteiger partial charge in [0.15, 0.2) is 18.2 Å². The van der Waals surface area contributed by atoms with Crippen molar-refractivity contribution < 1.29 is 23.8 Å². The molecule has 0 aliphatic carbocycles. The van der Waals surface area contributed by atoms with Gasteiger partial charge in [-0.1, -0.05) is 15.9 Å². The number of carbonyl (C=O) groups is 2. The van der Waals surface area contributed by atoms with E-state index in [1.807, 2.05) is 6.26 Å². The lowest BCUT2D eigenvalue weighted by atomic mass is 10.2. The second-order valence-corrected chi connectivity index (χ2v) is 6.00. The first-order valence-corrected chi connectivity index (χ1v) is 8.21. The molecule has 116 valence electrons. The Morgan fingerprint density at radius 2 is 2.24 bits per heavy atom. The van der Waals surface area contributed by atoms with Crippen molar-refractivity contribution in [2.75, 3.05) is 18.6 Å². The van der Waals surface area contributed by atoms with E-state index >= 15 is 0 Å². The monoisotopic (exact) mass is 379 g/mol. The van der Waals surface area contributed by atoms with Crippen LogP contribution >= 0.6 is 27.7 Å². The van der Waals surface area contributed by atoms with Crippen molar-refractivity contribution in [1.29, 1.82) is 0 Å². The van der Waals surface area contributed by atoms with Crippen LogP contribution in [-0.2, 0) is 9.59 Å². The highest BCUT2D eigenvalue weighted by Gasteiger charge is 2.19. The van der Waals surface area contributed by atoms with Crippen LogP contribution in [0, 0.1) is 5.82 Å². The zero-order valence-corrected chi connectivity index (χ0v) is 13.7. The van der Waals surface area contributed by atoms with E-state index in [9.17, 15) is 14.0 Å². The Morgan fingerprint density at radius 1 is 1.52 bits per heavy atom. The van der Waals surface area contributed by atoms with Crippen molar-refractivity contribution in [3.05, 3.63) is 28.5 Å². The van der Waals surface area contributed by atoms with Gasteiger partial charge >= 0.3 is 5.97 Å². The standard InChI is InChI=1S/C13H15BrFNO4S/c1-21-5-4-10(13(18)19)16-12(17)7-20-11-3-2-8(14)6-9(11)15/h2-3,6,10H,4-5,7H2,1H3,(H,16,17)(H,18,19)/t10-/m0/s1. The predicted octanol–water partition coefficient (Wildman–Crippen LogP) is 2.29. The number of rotatable bonds is 8. The van der Waals surface area contributed by atoms with Gasteiger partial charge in [-0.25, -0.2) is 9.18 Å². The molecule has 2 N–H and O–H groups in total. The maximum atomic E-state index is 13.5. The Bertz CT molecular complexity index is 515. The van der Waals surface area contributed by atoms with E-state index in [4.69, 9.17) is 9.84 Å². The van der Waals surface area contributed by atoms with Crippen LogP contribution in [0.4, 0.5) is 4.39 Å².